The van der Waals surface area contributed by atoms with Crippen LogP contribution in [-0.4, -0.2) is 129 Å². The number of ether oxygens (including phenoxy) is 8. The van der Waals surface area contributed by atoms with Gasteiger partial charge < -0.3 is 37.9 Å². The SMILES string of the molecule is CCCCCCCCCCOC(COCCOCCOCCOCC(OCCCCCCCCCC)OCCCS(=O)(=O)O)OCCCS(=O)(=O)O. The third kappa shape index (κ3) is 42.2. The summed E-state index contributed by atoms with van der Waals surface area (Å²) in [6.07, 6.45) is 18.0. The lowest BCUT2D eigenvalue weighted by Gasteiger charge is -2.19. The van der Waals surface area contributed by atoms with Crippen LogP contribution in [0.1, 0.15) is 129 Å². The summed E-state index contributed by atoms with van der Waals surface area (Å²) in [5, 5.41) is 0. The van der Waals surface area contributed by atoms with Crippen LogP contribution in [0.4, 0.5) is 0 Å². The standard InChI is InChI=1S/C36H74O14S2/c1-3-5-7-9-11-13-15-17-21-47-35(49-23-19-31-51(37,38)39)33-45-29-27-43-25-26-44-28-30-46-34-36(50-24-20-32-52(40,41)42)48-22-18-16-14-12-10-8-6-4-2/h35-36H,3-34H2,1-2H3,(H,37,38,39)(H,40,41,42). The van der Waals surface area contributed by atoms with E-state index in [0.717, 1.165) is 25.7 Å². The minimum atomic E-state index is -4.03. The van der Waals surface area contributed by atoms with Crippen molar-refractivity contribution in [2.45, 2.75) is 142 Å². The Morgan fingerprint density at radius 3 is 0.942 bits per heavy atom. The van der Waals surface area contributed by atoms with E-state index in [1.54, 1.807) is 0 Å². The second-order valence-corrected chi connectivity index (χ2v) is 16.1. The molecule has 2 N–H and O–H groups in total. The molecule has 0 saturated carbocycles. The molecule has 0 aliphatic carbocycles. The molecule has 0 amide bonds. The molecule has 0 radical (unpaired) electrons. The van der Waals surface area contributed by atoms with E-state index in [-0.39, 0.29) is 50.8 Å². The minimum absolute atomic E-state index is 0.125. The van der Waals surface area contributed by atoms with Crippen LogP contribution in [0.2, 0.25) is 0 Å². The third-order valence-electron chi connectivity index (χ3n) is 7.93. The van der Waals surface area contributed by atoms with Crippen LogP contribution in [0.15, 0.2) is 0 Å². The van der Waals surface area contributed by atoms with Gasteiger partial charge in [-0.2, -0.15) is 16.8 Å². The molecule has 14 nitrogen and oxygen atoms in total. The van der Waals surface area contributed by atoms with E-state index in [2.05, 4.69) is 13.8 Å². The molecule has 0 bridgehead atoms. The maximum atomic E-state index is 11.0. The first-order valence-corrected chi connectivity index (χ1v) is 23.0. The van der Waals surface area contributed by atoms with Gasteiger partial charge >= 0.3 is 0 Å². The van der Waals surface area contributed by atoms with Gasteiger partial charge in [0.15, 0.2) is 12.6 Å². The lowest BCUT2D eigenvalue weighted by Crippen LogP contribution is -2.26. The zero-order valence-electron chi connectivity index (χ0n) is 32.4. The van der Waals surface area contributed by atoms with Crippen molar-refractivity contribution >= 4 is 20.2 Å². The quantitative estimate of drug-likeness (QED) is 0.0382. The highest BCUT2D eigenvalue weighted by Crippen LogP contribution is 2.11. The minimum Gasteiger partial charge on any atom is -0.377 e. The highest BCUT2D eigenvalue weighted by Gasteiger charge is 2.13. The van der Waals surface area contributed by atoms with Crippen LogP contribution in [0.3, 0.4) is 0 Å². The van der Waals surface area contributed by atoms with Gasteiger partial charge in [0.2, 0.25) is 0 Å². The predicted octanol–water partition coefficient (Wildman–Crippen LogP) is 6.61. The Bertz CT molecular complexity index is 877. The van der Waals surface area contributed by atoms with E-state index in [9.17, 15) is 16.8 Å². The summed E-state index contributed by atoms with van der Waals surface area (Å²) in [4.78, 5) is 0. The molecule has 52 heavy (non-hydrogen) atoms. The van der Waals surface area contributed by atoms with Crippen molar-refractivity contribution in [2.24, 2.45) is 0 Å². The number of hydrogen-bond acceptors (Lipinski definition) is 12. The van der Waals surface area contributed by atoms with Gasteiger partial charge in [-0.25, -0.2) is 0 Å². The van der Waals surface area contributed by atoms with Gasteiger partial charge in [0, 0.05) is 13.2 Å². The Balaban J connectivity index is 4.11. The molecule has 0 saturated heterocycles. The van der Waals surface area contributed by atoms with E-state index in [1.807, 2.05) is 0 Å². The van der Waals surface area contributed by atoms with Crippen molar-refractivity contribution in [3.8, 4) is 0 Å². The molecular weight excluding hydrogens is 721 g/mol. The summed E-state index contributed by atoms with van der Waals surface area (Å²) in [6, 6.07) is 0. The van der Waals surface area contributed by atoms with E-state index < -0.39 is 32.8 Å². The summed E-state index contributed by atoms with van der Waals surface area (Å²) < 4.78 is 107. The first kappa shape index (κ1) is 51.5. The van der Waals surface area contributed by atoms with Crippen molar-refractivity contribution in [1.29, 1.82) is 0 Å². The first-order chi connectivity index (χ1) is 25.1. The van der Waals surface area contributed by atoms with Gasteiger partial charge in [0.25, 0.3) is 20.2 Å². The summed E-state index contributed by atoms with van der Waals surface area (Å²) in [5.74, 6) is -0.739. The molecule has 2 unspecified atom stereocenters. The zero-order valence-corrected chi connectivity index (χ0v) is 34.0. The smallest absolute Gasteiger partial charge is 0.264 e. The van der Waals surface area contributed by atoms with Gasteiger partial charge in [-0.1, -0.05) is 104 Å². The summed E-state index contributed by atoms with van der Waals surface area (Å²) >= 11 is 0. The molecule has 0 aromatic heterocycles. The second kappa shape index (κ2) is 37.4. The van der Waals surface area contributed by atoms with Gasteiger partial charge in [0.05, 0.1) is 77.6 Å². The summed E-state index contributed by atoms with van der Waals surface area (Å²) in [7, 11) is -8.07. The number of rotatable bonds is 43. The molecule has 0 aromatic rings. The molecule has 2 atom stereocenters. The number of unbranched alkanes of at least 4 members (excludes halogenated alkanes) is 14. The Morgan fingerprint density at radius 1 is 0.365 bits per heavy atom. The van der Waals surface area contributed by atoms with Crippen LogP contribution in [0.25, 0.3) is 0 Å². The molecular formula is C36H74O14S2. The Hall–Kier alpha value is -0.500. The van der Waals surface area contributed by atoms with Gasteiger partial charge in [0.1, 0.15) is 0 Å². The van der Waals surface area contributed by atoms with Crippen molar-refractivity contribution in [2.75, 3.05) is 90.8 Å². The third-order valence-corrected chi connectivity index (χ3v) is 9.54. The topological polar surface area (TPSA) is 183 Å². The van der Waals surface area contributed by atoms with Crippen molar-refractivity contribution in [1.82, 2.24) is 0 Å². The van der Waals surface area contributed by atoms with Gasteiger partial charge in [-0.05, 0) is 25.7 Å². The van der Waals surface area contributed by atoms with Crippen molar-refractivity contribution < 1.29 is 63.8 Å². The lowest BCUT2D eigenvalue weighted by molar-refractivity contribution is -0.176. The average Bonchev–Trinajstić information content (AvgIpc) is 3.09. The summed E-state index contributed by atoms with van der Waals surface area (Å²) in [6.45, 7) is 8.14. The fraction of sp³-hybridized carbons (Fsp3) is 1.00. The molecule has 0 heterocycles. The second-order valence-electron chi connectivity index (χ2n) is 12.9. The van der Waals surface area contributed by atoms with Crippen LogP contribution in [0, 0.1) is 0 Å². The van der Waals surface area contributed by atoms with Gasteiger partial charge in [-0.3, -0.25) is 9.11 Å². The molecule has 16 heteroatoms. The van der Waals surface area contributed by atoms with Crippen molar-refractivity contribution in [3.63, 3.8) is 0 Å². The fourth-order valence-electron chi connectivity index (χ4n) is 5.02. The molecule has 314 valence electrons. The monoisotopic (exact) mass is 794 g/mol. The van der Waals surface area contributed by atoms with E-state index in [1.165, 1.54) is 77.0 Å². The number of hydrogen-bond donors (Lipinski definition) is 2. The Labute approximate surface area is 316 Å². The maximum absolute atomic E-state index is 11.0. The highest BCUT2D eigenvalue weighted by atomic mass is 32.2. The Kier molecular flexibility index (Phi) is 37.1. The van der Waals surface area contributed by atoms with Crippen LogP contribution >= 0.6 is 0 Å². The lowest BCUT2D eigenvalue weighted by atomic mass is 10.1. The Morgan fingerprint density at radius 2 is 0.635 bits per heavy atom. The van der Waals surface area contributed by atoms with E-state index >= 15 is 0 Å². The molecule has 0 rings (SSSR count). The molecule has 0 fully saturated rings. The van der Waals surface area contributed by atoms with Crippen molar-refractivity contribution in [3.05, 3.63) is 0 Å². The normalized spacial score (nSPS) is 13.5. The first-order valence-electron chi connectivity index (χ1n) is 19.7. The zero-order chi connectivity index (χ0) is 38.4. The predicted molar refractivity (Wildman–Crippen MR) is 202 cm³/mol. The van der Waals surface area contributed by atoms with E-state index in [0.29, 0.717) is 52.9 Å². The maximum Gasteiger partial charge on any atom is 0.264 e. The molecule has 0 aliphatic rings. The van der Waals surface area contributed by atoms with Crippen LogP contribution in [0.5, 0.6) is 0 Å². The highest BCUT2D eigenvalue weighted by molar-refractivity contribution is 7.86. The van der Waals surface area contributed by atoms with Crippen LogP contribution < -0.4 is 0 Å². The van der Waals surface area contributed by atoms with Crippen LogP contribution in [-0.2, 0) is 58.1 Å². The largest absolute Gasteiger partial charge is 0.377 e. The fourth-order valence-corrected chi connectivity index (χ4v) is 5.98. The van der Waals surface area contributed by atoms with Gasteiger partial charge in [-0.15, -0.1) is 0 Å². The summed E-state index contributed by atoms with van der Waals surface area (Å²) in [5.41, 5.74) is 0. The molecule has 0 aromatic carbocycles. The average molecular weight is 795 g/mol. The molecule has 0 aliphatic heterocycles. The van der Waals surface area contributed by atoms with E-state index in [4.69, 9.17) is 47.0 Å². The molecule has 0 spiro atoms.